The van der Waals surface area contributed by atoms with Crippen LogP contribution < -0.4 is 10.1 Å². The molecule has 0 aromatic carbocycles. The van der Waals surface area contributed by atoms with E-state index >= 15 is 0 Å². The summed E-state index contributed by atoms with van der Waals surface area (Å²) >= 11 is 0. The molecule has 0 unspecified atom stereocenters. The molecule has 5 nitrogen and oxygen atoms in total. The smallest absolute Gasteiger partial charge is 0.193 e. The summed E-state index contributed by atoms with van der Waals surface area (Å²) in [6.45, 7) is 7.36. The van der Waals surface area contributed by atoms with Crippen LogP contribution in [0.3, 0.4) is 0 Å². The normalized spacial score (nSPS) is 10.7. The number of pyridine rings is 1. The molecule has 1 aromatic heterocycles. The van der Waals surface area contributed by atoms with Crippen LogP contribution in [-0.2, 0) is 0 Å². The number of rotatable bonds is 8. The van der Waals surface area contributed by atoms with Gasteiger partial charge in [0.15, 0.2) is 5.96 Å². The third-order valence-corrected chi connectivity index (χ3v) is 2.80. The summed E-state index contributed by atoms with van der Waals surface area (Å²) in [4.78, 5) is 10.7. The molecule has 0 spiro atoms. The molecule has 0 saturated carbocycles. The lowest BCUT2D eigenvalue weighted by Crippen LogP contribution is -2.39. The number of hydrogen-bond donors (Lipinski definition) is 1. The number of aromatic nitrogens is 1. The number of hydrogen-bond acceptors (Lipinski definition) is 3. The van der Waals surface area contributed by atoms with E-state index in [0.717, 1.165) is 24.8 Å². The molecule has 1 N–H and O–H groups in total. The van der Waals surface area contributed by atoms with Crippen molar-refractivity contribution in [2.24, 2.45) is 4.99 Å². The van der Waals surface area contributed by atoms with E-state index in [2.05, 4.69) is 41.1 Å². The molecule has 0 radical (unpaired) electrons. The van der Waals surface area contributed by atoms with E-state index in [-0.39, 0.29) is 24.0 Å². The van der Waals surface area contributed by atoms with Gasteiger partial charge >= 0.3 is 0 Å². The van der Waals surface area contributed by atoms with Crippen LogP contribution in [-0.4, -0.2) is 49.1 Å². The standard InChI is InChI=1S/C15H26N4O.HI/c1-4-6-11-19(3)15(17-5-2)18-10-12-20-14-8-7-9-16-13-14;/h7-9,13H,4-6,10-12H2,1-3H3,(H,17,18);1H. The molecule has 1 rings (SSSR count). The van der Waals surface area contributed by atoms with Gasteiger partial charge < -0.3 is 15.0 Å². The van der Waals surface area contributed by atoms with Crippen LogP contribution in [0.1, 0.15) is 26.7 Å². The summed E-state index contributed by atoms with van der Waals surface area (Å²) in [7, 11) is 2.07. The molecule has 0 amide bonds. The van der Waals surface area contributed by atoms with Gasteiger partial charge in [-0.3, -0.25) is 4.98 Å². The lowest BCUT2D eigenvalue weighted by atomic mass is 10.3. The number of guanidine groups is 1. The molecule has 1 heterocycles. The summed E-state index contributed by atoms with van der Waals surface area (Å²) in [5.74, 6) is 1.72. The van der Waals surface area contributed by atoms with Crippen molar-refractivity contribution in [1.82, 2.24) is 15.2 Å². The quantitative estimate of drug-likeness (QED) is 0.312. The van der Waals surface area contributed by atoms with Gasteiger partial charge in [0.2, 0.25) is 0 Å². The first-order valence-electron chi connectivity index (χ1n) is 7.30. The van der Waals surface area contributed by atoms with Gasteiger partial charge in [-0.05, 0) is 25.5 Å². The highest BCUT2D eigenvalue weighted by Gasteiger charge is 2.04. The molecule has 0 fully saturated rings. The van der Waals surface area contributed by atoms with E-state index in [1.165, 1.54) is 12.8 Å². The van der Waals surface area contributed by atoms with Crippen LogP contribution in [0.4, 0.5) is 0 Å². The molecule has 21 heavy (non-hydrogen) atoms. The van der Waals surface area contributed by atoms with Crippen LogP contribution in [0.25, 0.3) is 0 Å². The molecule has 0 atom stereocenters. The maximum atomic E-state index is 5.58. The summed E-state index contributed by atoms with van der Waals surface area (Å²) in [5, 5.41) is 3.30. The number of ether oxygens (including phenoxy) is 1. The van der Waals surface area contributed by atoms with Gasteiger partial charge in [-0.15, -0.1) is 24.0 Å². The van der Waals surface area contributed by atoms with Crippen molar-refractivity contribution in [3.63, 3.8) is 0 Å². The van der Waals surface area contributed by atoms with Gasteiger partial charge in [0.25, 0.3) is 0 Å². The fourth-order valence-electron chi connectivity index (χ4n) is 1.72. The maximum Gasteiger partial charge on any atom is 0.193 e. The SMILES string of the molecule is CCCCN(C)C(=NCCOc1cccnc1)NCC.I. The van der Waals surface area contributed by atoms with Crippen molar-refractivity contribution in [1.29, 1.82) is 0 Å². The lowest BCUT2D eigenvalue weighted by Gasteiger charge is -2.21. The average Bonchev–Trinajstić information content (AvgIpc) is 2.49. The molecule has 120 valence electrons. The number of nitrogens with one attached hydrogen (secondary N) is 1. The van der Waals surface area contributed by atoms with Gasteiger partial charge in [0.1, 0.15) is 12.4 Å². The van der Waals surface area contributed by atoms with Gasteiger partial charge in [-0.25, -0.2) is 4.99 Å². The Kier molecular flexibility index (Phi) is 12.0. The number of aliphatic imine (C=N–C) groups is 1. The third-order valence-electron chi connectivity index (χ3n) is 2.80. The Morgan fingerprint density at radius 3 is 2.86 bits per heavy atom. The second-order valence-corrected chi connectivity index (χ2v) is 4.55. The Balaban J connectivity index is 0.00000400. The van der Waals surface area contributed by atoms with E-state index in [1.807, 2.05) is 12.1 Å². The maximum absolute atomic E-state index is 5.58. The minimum absolute atomic E-state index is 0. The highest BCUT2D eigenvalue weighted by molar-refractivity contribution is 14.0. The molecule has 6 heteroatoms. The highest BCUT2D eigenvalue weighted by Crippen LogP contribution is 2.05. The highest BCUT2D eigenvalue weighted by atomic mass is 127. The van der Waals surface area contributed by atoms with Crippen molar-refractivity contribution in [2.75, 3.05) is 33.3 Å². The van der Waals surface area contributed by atoms with Crippen LogP contribution in [0.2, 0.25) is 0 Å². The predicted octanol–water partition coefficient (Wildman–Crippen LogP) is 2.78. The van der Waals surface area contributed by atoms with E-state index in [1.54, 1.807) is 12.4 Å². The molecular weight excluding hydrogens is 379 g/mol. The Bertz CT molecular complexity index is 387. The monoisotopic (exact) mass is 406 g/mol. The molecule has 0 aliphatic rings. The zero-order valence-corrected chi connectivity index (χ0v) is 15.5. The second-order valence-electron chi connectivity index (χ2n) is 4.55. The molecular formula is C15H27IN4O. The Labute approximate surface area is 145 Å². The molecule has 0 bridgehead atoms. The Morgan fingerprint density at radius 2 is 2.24 bits per heavy atom. The summed E-state index contributed by atoms with van der Waals surface area (Å²) in [6.07, 6.45) is 5.81. The zero-order chi connectivity index (χ0) is 14.6. The fourth-order valence-corrected chi connectivity index (χ4v) is 1.72. The molecule has 0 aliphatic carbocycles. The summed E-state index contributed by atoms with van der Waals surface area (Å²) < 4.78 is 5.58. The van der Waals surface area contributed by atoms with Crippen molar-refractivity contribution in [2.45, 2.75) is 26.7 Å². The van der Waals surface area contributed by atoms with E-state index in [4.69, 9.17) is 4.74 Å². The number of halogens is 1. The van der Waals surface area contributed by atoms with Gasteiger partial charge in [0.05, 0.1) is 12.7 Å². The Hall–Kier alpha value is -1.05. The van der Waals surface area contributed by atoms with Gasteiger partial charge in [0, 0.05) is 26.3 Å². The second kappa shape index (κ2) is 12.7. The number of unbranched alkanes of at least 4 members (excludes halogenated alkanes) is 1. The van der Waals surface area contributed by atoms with Crippen LogP contribution >= 0.6 is 24.0 Å². The minimum Gasteiger partial charge on any atom is -0.490 e. The number of nitrogens with zero attached hydrogens (tertiary/aromatic N) is 3. The molecule has 1 aromatic rings. The van der Waals surface area contributed by atoms with Crippen molar-refractivity contribution >= 4 is 29.9 Å². The van der Waals surface area contributed by atoms with E-state index < -0.39 is 0 Å². The average molecular weight is 406 g/mol. The van der Waals surface area contributed by atoms with Crippen molar-refractivity contribution < 1.29 is 4.74 Å². The minimum atomic E-state index is 0. The molecule has 0 saturated heterocycles. The van der Waals surface area contributed by atoms with Crippen LogP contribution in [0.5, 0.6) is 5.75 Å². The van der Waals surface area contributed by atoms with Crippen LogP contribution in [0.15, 0.2) is 29.5 Å². The zero-order valence-electron chi connectivity index (χ0n) is 13.2. The van der Waals surface area contributed by atoms with E-state index in [0.29, 0.717) is 13.2 Å². The predicted molar refractivity (Wildman–Crippen MR) is 98.7 cm³/mol. The summed E-state index contributed by atoms with van der Waals surface area (Å²) in [5.41, 5.74) is 0. The van der Waals surface area contributed by atoms with Gasteiger partial charge in [-0.2, -0.15) is 0 Å². The van der Waals surface area contributed by atoms with Gasteiger partial charge in [-0.1, -0.05) is 13.3 Å². The molecule has 0 aliphatic heterocycles. The summed E-state index contributed by atoms with van der Waals surface area (Å²) in [6, 6.07) is 3.76. The van der Waals surface area contributed by atoms with Crippen LogP contribution in [0, 0.1) is 0 Å². The van der Waals surface area contributed by atoms with Crippen molar-refractivity contribution in [3.8, 4) is 5.75 Å². The third kappa shape index (κ3) is 8.75. The Morgan fingerprint density at radius 1 is 1.43 bits per heavy atom. The fraction of sp³-hybridized carbons (Fsp3) is 0.600. The van der Waals surface area contributed by atoms with Crippen molar-refractivity contribution in [3.05, 3.63) is 24.5 Å². The topological polar surface area (TPSA) is 49.8 Å². The lowest BCUT2D eigenvalue weighted by molar-refractivity contribution is 0.326. The first kappa shape index (κ1) is 19.9. The first-order valence-corrected chi connectivity index (χ1v) is 7.30. The largest absolute Gasteiger partial charge is 0.490 e. The first-order chi connectivity index (χ1) is 9.77. The van der Waals surface area contributed by atoms with E-state index in [9.17, 15) is 0 Å².